The van der Waals surface area contributed by atoms with Gasteiger partial charge >= 0.3 is 6.09 Å². The third-order valence-corrected chi connectivity index (χ3v) is 4.76. The fraction of sp³-hybridized carbons (Fsp3) is 0.550. The molecule has 0 spiro atoms. The van der Waals surface area contributed by atoms with Gasteiger partial charge in [0.05, 0.1) is 17.2 Å². The zero-order valence-corrected chi connectivity index (χ0v) is 16.1. The van der Waals surface area contributed by atoms with Gasteiger partial charge in [0.2, 0.25) is 0 Å². The van der Waals surface area contributed by atoms with Crippen LogP contribution >= 0.6 is 0 Å². The smallest absolute Gasteiger partial charge is 0.410 e. The first kappa shape index (κ1) is 19.2. The van der Waals surface area contributed by atoms with Crippen LogP contribution < -0.4 is 5.56 Å². The summed E-state index contributed by atoms with van der Waals surface area (Å²) in [6, 6.07) is 4.61. The molecule has 7 heteroatoms. The minimum Gasteiger partial charge on any atom is -0.508 e. The Kier molecular flexibility index (Phi) is 5.39. The highest BCUT2D eigenvalue weighted by molar-refractivity contribution is 5.78. The van der Waals surface area contributed by atoms with Crippen LogP contribution in [0.2, 0.25) is 0 Å². The molecular weight excluding hydrogens is 346 g/mol. The van der Waals surface area contributed by atoms with Gasteiger partial charge in [-0.25, -0.2) is 9.78 Å². The molecule has 146 valence electrons. The number of carbonyl (C=O) groups is 1. The number of fused-ring (bicyclic) bond motifs is 1. The number of amides is 1. The number of hydrogen-bond donors (Lipinski definition) is 1. The van der Waals surface area contributed by atoms with Gasteiger partial charge in [-0.05, 0) is 64.2 Å². The lowest BCUT2D eigenvalue weighted by atomic mass is 9.95. The summed E-state index contributed by atoms with van der Waals surface area (Å²) in [5.74, 6) is 0.373. The average Bonchev–Trinajstić information content (AvgIpc) is 2.60. The molecule has 3 rings (SSSR count). The van der Waals surface area contributed by atoms with E-state index in [4.69, 9.17) is 4.74 Å². The number of rotatable bonds is 3. The highest BCUT2D eigenvalue weighted by Gasteiger charge is 2.27. The molecule has 0 saturated carbocycles. The van der Waals surface area contributed by atoms with Crippen molar-refractivity contribution >= 4 is 17.0 Å². The molecule has 0 aliphatic carbocycles. The number of piperidine rings is 1. The second-order valence-corrected chi connectivity index (χ2v) is 8.17. The molecule has 1 atom stereocenters. The molecule has 1 amide bonds. The topological polar surface area (TPSA) is 84.7 Å². The molecule has 0 bridgehead atoms. The predicted octanol–water partition coefficient (Wildman–Crippen LogP) is 3.14. The first-order valence-corrected chi connectivity index (χ1v) is 9.39. The zero-order chi connectivity index (χ0) is 19.6. The Balaban J connectivity index is 1.64. The van der Waals surface area contributed by atoms with E-state index < -0.39 is 5.60 Å². The van der Waals surface area contributed by atoms with Crippen molar-refractivity contribution in [1.82, 2.24) is 14.5 Å². The Labute approximate surface area is 158 Å². The molecule has 1 fully saturated rings. The minimum atomic E-state index is -0.500. The highest BCUT2D eigenvalue weighted by atomic mass is 16.6. The predicted molar refractivity (Wildman–Crippen MR) is 103 cm³/mol. The molecule has 2 aromatic rings. The van der Waals surface area contributed by atoms with Gasteiger partial charge in [0.1, 0.15) is 11.4 Å². The Morgan fingerprint density at radius 1 is 1.37 bits per heavy atom. The van der Waals surface area contributed by atoms with Crippen molar-refractivity contribution in [2.75, 3.05) is 13.1 Å². The number of hydrogen-bond acceptors (Lipinski definition) is 5. The van der Waals surface area contributed by atoms with Gasteiger partial charge in [0.25, 0.3) is 5.56 Å². The Hall–Kier alpha value is -2.57. The number of aryl methyl sites for hydroxylation is 1. The standard InChI is InChI=1S/C20H27N3O4/c1-20(2,3)27-19(26)22-9-4-5-14(12-22)8-10-23-13-21-17-7-6-15(24)11-16(17)18(23)25/h6-7,11,13-14,24H,4-5,8-10,12H2,1-3H3. The number of likely N-dealkylation sites (tertiary alicyclic amines) is 1. The van der Waals surface area contributed by atoms with Crippen molar-refractivity contribution < 1.29 is 14.6 Å². The van der Waals surface area contributed by atoms with E-state index >= 15 is 0 Å². The fourth-order valence-electron chi connectivity index (χ4n) is 3.42. The Morgan fingerprint density at radius 2 is 2.15 bits per heavy atom. The van der Waals surface area contributed by atoms with Crippen molar-refractivity contribution in [3.63, 3.8) is 0 Å². The largest absolute Gasteiger partial charge is 0.508 e. The van der Waals surface area contributed by atoms with E-state index in [9.17, 15) is 14.7 Å². The van der Waals surface area contributed by atoms with Gasteiger partial charge in [-0.1, -0.05) is 0 Å². The summed E-state index contributed by atoms with van der Waals surface area (Å²) in [6.45, 7) is 7.48. The van der Waals surface area contributed by atoms with Gasteiger partial charge in [0, 0.05) is 19.6 Å². The monoisotopic (exact) mass is 373 g/mol. The van der Waals surface area contributed by atoms with E-state index in [1.807, 2.05) is 20.8 Å². The van der Waals surface area contributed by atoms with E-state index in [0.717, 1.165) is 19.3 Å². The van der Waals surface area contributed by atoms with Crippen LogP contribution in [0.1, 0.15) is 40.0 Å². The molecule has 1 aliphatic rings. The lowest BCUT2D eigenvalue weighted by Gasteiger charge is -2.34. The summed E-state index contributed by atoms with van der Waals surface area (Å²) in [5.41, 5.74) is -0.0850. The molecular formula is C20H27N3O4. The van der Waals surface area contributed by atoms with Crippen molar-refractivity contribution in [3.8, 4) is 5.75 Å². The van der Waals surface area contributed by atoms with Gasteiger partial charge < -0.3 is 14.7 Å². The first-order valence-electron chi connectivity index (χ1n) is 9.39. The second kappa shape index (κ2) is 7.58. The SMILES string of the molecule is CC(C)(C)OC(=O)N1CCCC(CCn2cnc3ccc(O)cc3c2=O)C1. The molecule has 1 N–H and O–H groups in total. The van der Waals surface area contributed by atoms with E-state index in [-0.39, 0.29) is 17.4 Å². The third-order valence-electron chi connectivity index (χ3n) is 4.76. The van der Waals surface area contributed by atoms with Crippen LogP contribution in [0.4, 0.5) is 4.79 Å². The number of ether oxygens (including phenoxy) is 1. The number of aromatic hydroxyl groups is 1. The average molecular weight is 373 g/mol. The number of benzene rings is 1. The van der Waals surface area contributed by atoms with E-state index in [0.29, 0.717) is 36.5 Å². The molecule has 2 heterocycles. The number of phenols is 1. The molecule has 1 aliphatic heterocycles. The molecule has 27 heavy (non-hydrogen) atoms. The van der Waals surface area contributed by atoms with Crippen LogP contribution in [0.5, 0.6) is 5.75 Å². The zero-order valence-electron chi connectivity index (χ0n) is 16.1. The second-order valence-electron chi connectivity index (χ2n) is 8.17. The van der Waals surface area contributed by atoms with Crippen molar-refractivity contribution in [1.29, 1.82) is 0 Å². The van der Waals surface area contributed by atoms with Gasteiger partial charge in [-0.2, -0.15) is 0 Å². The number of nitrogens with zero attached hydrogens (tertiary/aromatic N) is 3. The van der Waals surface area contributed by atoms with Crippen LogP contribution in [-0.4, -0.2) is 44.3 Å². The lowest BCUT2D eigenvalue weighted by molar-refractivity contribution is 0.0159. The van der Waals surface area contributed by atoms with Gasteiger partial charge in [-0.3, -0.25) is 9.36 Å². The van der Waals surface area contributed by atoms with E-state index in [2.05, 4.69) is 4.98 Å². The number of phenolic OH excluding ortho intramolecular Hbond substituents is 1. The minimum absolute atomic E-state index is 0.0550. The summed E-state index contributed by atoms with van der Waals surface area (Å²) in [4.78, 5) is 31.0. The first-order chi connectivity index (χ1) is 12.7. The number of aromatic nitrogens is 2. The molecule has 7 nitrogen and oxygen atoms in total. The Morgan fingerprint density at radius 3 is 2.89 bits per heavy atom. The molecule has 1 unspecified atom stereocenters. The van der Waals surface area contributed by atoms with E-state index in [1.54, 1.807) is 21.9 Å². The fourth-order valence-corrected chi connectivity index (χ4v) is 3.42. The summed E-state index contributed by atoms with van der Waals surface area (Å²) < 4.78 is 7.04. The summed E-state index contributed by atoms with van der Waals surface area (Å²) in [6.07, 6.45) is 4.02. The Bertz CT molecular complexity index is 885. The van der Waals surface area contributed by atoms with Gasteiger partial charge in [0.15, 0.2) is 0 Å². The summed E-state index contributed by atoms with van der Waals surface area (Å²) >= 11 is 0. The van der Waals surface area contributed by atoms with Gasteiger partial charge in [-0.15, -0.1) is 0 Å². The number of carbonyl (C=O) groups excluding carboxylic acids is 1. The van der Waals surface area contributed by atoms with E-state index in [1.165, 1.54) is 12.1 Å². The molecule has 1 aromatic carbocycles. The van der Waals surface area contributed by atoms with Crippen LogP contribution in [0, 0.1) is 5.92 Å². The molecule has 1 aromatic heterocycles. The third kappa shape index (κ3) is 4.78. The highest BCUT2D eigenvalue weighted by Crippen LogP contribution is 2.22. The summed E-state index contributed by atoms with van der Waals surface area (Å²) in [7, 11) is 0. The lowest BCUT2D eigenvalue weighted by Crippen LogP contribution is -2.43. The maximum absolute atomic E-state index is 12.6. The van der Waals surface area contributed by atoms with Crippen LogP contribution in [0.3, 0.4) is 0 Å². The maximum atomic E-state index is 12.6. The van der Waals surface area contributed by atoms with Crippen LogP contribution in [0.25, 0.3) is 10.9 Å². The summed E-state index contributed by atoms with van der Waals surface area (Å²) in [5, 5.41) is 10.0. The van der Waals surface area contributed by atoms with Crippen molar-refractivity contribution in [3.05, 3.63) is 34.9 Å². The maximum Gasteiger partial charge on any atom is 0.410 e. The van der Waals surface area contributed by atoms with Crippen LogP contribution in [-0.2, 0) is 11.3 Å². The normalized spacial score (nSPS) is 17.9. The van der Waals surface area contributed by atoms with Crippen molar-refractivity contribution in [2.24, 2.45) is 5.92 Å². The quantitative estimate of drug-likeness (QED) is 0.893. The van der Waals surface area contributed by atoms with Crippen molar-refractivity contribution in [2.45, 2.75) is 52.2 Å². The molecule has 1 saturated heterocycles. The van der Waals surface area contributed by atoms with Crippen LogP contribution in [0.15, 0.2) is 29.3 Å². The molecule has 0 radical (unpaired) electrons.